The summed E-state index contributed by atoms with van der Waals surface area (Å²) in [5, 5.41) is 3.73. The van der Waals surface area contributed by atoms with Gasteiger partial charge in [-0.2, -0.15) is 0 Å². The first-order valence-corrected chi connectivity index (χ1v) is 7.65. The lowest BCUT2D eigenvalue weighted by Crippen LogP contribution is -2.54. The number of nitrogens with two attached hydrogens (primary N) is 1. The molecule has 2 heteroatoms. The topological polar surface area (TPSA) is 38.0 Å². The van der Waals surface area contributed by atoms with Crippen molar-refractivity contribution in [2.75, 3.05) is 13.1 Å². The highest BCUT2D eigenvalue weighted by Crippen LogP contribution is 2.37. The van der Waals surface area contributed by atoms with E-state index in [2.05, 4.69) is 49.5 Å². The second-order valence-electron chi connectivity index (χ2n) is 6.44. The maximum Gasteiger partial charge on any atom is 0.0304 e. The maximum atomic E-state index is 6.05. The van der Waals surface area contributed by atoms with Gasteiger partial charge >= 0.3 is 0 Å². The second kappa shape index (κ2) is 6.53. The molecule has 19 heavy (non-hydrogen) atoms. The molecule has 1 fully saturated rings. The molecule has 0 atom stereocenters. The zero-order valence-electron chi connectivity index (χ0n) is 12.4. The molecular formula is C17H28N2. The third kappa shape index (κ3) is 3.80. The molecule has 0 saturated heterocycles. The molecule has 0 spiro atoms. The first-order valence-electron chi connectivity index (χ1n) is 7.65. The number of nitrogens with one attached hydrogen (secondary N) is 1. The quantitative estimate of drug-likeness (QED) is 0.852. The van der Waals surface area contributed by atoms with E-state index >= 15 is 0 Å². The number of rotatable bonds is 5. The Morgan fingerprint density at radius 3 is 2.37 bits per heavy atom. The average molecular weight is 260 g/mol. The molecule has 2 nitrogen and oxygen atoms in total. The Hall–Kier alpha value is -0.860. The maximum absolute atomic E-state index is 6.05. The first-order chi connectivity index (χ1) is 9.15. The van der Waals surface area contributed by atoms with Crippen molar-refractivity contribution in [2.45, 2.75) is 51.0 Å². The van der Waals surface area contributed by atoms with Crippen LogP contribution in [0.15, 0.2) is 30.3 Å². The van der Waals surface area contributed by atoms with Gasteiger partial charge in [0.2, 0.25) is 0 Å². The van der Waals surface area contributed by atoms with Gasteiger partial charge in [0.15, 0.2) is 0 Å². The predicted octanol–water partition coefficient (Wildman–Crippen LogP) is 3.29. The van der Waals surface area contributed by atoms with Gasteiger partial charge in [0.05, 0.1) is 0 Å². The fourth-order valence-corrected chi connectivity index (χ4v) is 3.10. The van der Waals surface area contributed by atoms with Gasteiger partial charge in [0, 0.05) is 12.1 Å². The Bertz CT molecular complexity index is 364. The Balaban J connectivity index is 1.93. The summed E-state index contributed by atoms with van der Waals surface area (Å²) in [6.07, 6.45) is 4.92. The third-order valence-electron chi connectivity index (χ3n) is 4.49. The van der Waals surface area contributed by atoms with Gasteiger partial charge in [-0.25, -0.2) is 0 Å². The smallest absolute Gasteiger partial charge is 0.0304 e. The normalized spacial score (nSPS) is 27.7. The van der Waals surface area contributed by atoms with E-state index in [1.165, 1.54) is 31.2 Å². The summed E-state index contributed by atoms with van der Waals surface area (Å²) < 4.78 is 0. The predicted molar refractivity (Wildman–Crippen MR) is 82.3 cm³/mol. The van der Waals surface area contributed by atoms with Crippen molar-refractivity contribution < 1.29 is 0 Å². The Kier molecular flexibility index (Phi) is 5.00. The molecule has 2 rings (SSSR count). The summed E-state index contributed by atoms with van der Waals surface area (Å²) in [5.74, 6) is 1.41. The summed E-state index contributed by atoms with van der Waals surface area (Å²) in [4.78, 5) is 0. The van der Waals surface area contributed by atoms with E-state index in [1.807, 2.05) is 0 Å². The van der Waals surface area contributed by atoms with E-state index < -0.39 is 0 Å². The van der Waals surface area contributed by atoms with Crippen LogP contribution in [-0.4, -0.2) is 18.6 Å². The average Bonchev–Trinajstić information content (AvgIpc) is 2.47. The minimum absolute atomic E-state index is 0.190. The van der Waals surface area contributed by atoms with Crippen LogP contribution in [0.5, 0.6) is 0 Å². The lowest BCUT2D eigenvalue weighted by molar-refractivity contribution is 0.215. The van der Waals surface area contributed by atoms with Crippen LogP contribution in [-0.2, 0) is 0 Å². The molecular weight excluding hydrogens is 232 g/mol. The molecule has 0 amide bonds. The van der Waals surface area contributed by atoms with Crippen molar-refractivity contribution in [1.29, 1.82) is 0 Å². The fraction of sp³-hybridized carbons (Fsp3) is 0.647. The molecule has 0 radical (unpaired) electrons. The molecule has 0 heterocycles. The molecule has 1 aromatic rings. The van der Waals surface area contributed by atoms with Gasteiger partial charge in [0.25, 0.3) is 0 Å². The highest BCUT2D eigenvalue weighted by molar-refractivity contribution is 5.20. The first kappa shape index (κ1) is 14.5. The highest BCUT2D eigenvalue weighted by Gasteiger charge is 2.34. The fourth-order valence-electron chi connectivity index (χ4n) is 3.10. The van der Waals surface area contributed by atoms with E-state index in [4.69, 9.17) is 5.73 Å². The molecule has 3 N–H and O–H groups in total. The molecule has 1 aliphatic rings. The van der Waals surface area contributed by atoms with Crippen molar-refractivity contribution in [3.63, 3.8) is 0 Å². The molecule has 0 bridgehead atoms. The van der Waals surface area contributed by atoms with Crippen molar-refractivity contribution in [3.05, 3.63) is 35.9 Å². The van der Waals surface area contributed by atoms with Crippen molar-refractivity contribution >= 4 is 0 Å². The summed E-state index contributed by atoms with van der Waals surface area (Å²) in [6.45, 7) is 6.36. The van der Waals surface area contributed by atoms with Gasteiger partial charge in [0.1, 0.15) is 0 Å². The monoisotopic (exact) mass is 260 g/mol. The van der Waals surface area contributed by atoms with Crippen LogP contribution in [0.3, 0.4) is 0 Å². The van der Waals surface area contributed by atoms with Crippen LogP contribution < -0.4 is 11.1 Å². The number of benzene rings is 1. The van der Waals surface area contributed by atoms with E-state index in [9.17, 15) is 0 Å². The molecule has 0 aliphatic heterocycles. The van der Waals surface area contributed by atoms with Gasteiger partial charge in [-0.05, 0) is 49.6 Å². The van der Waals surface area contributed by atoms with Crippen LogP contribution in [0.2, 0.25) is 0 Å². The second-order valence-corrected chi connectivity index (χ2v) is 6.44. The van der Waals surface area contributed by atoms with Crippen LogP contribution in [0.1, 0.15) is 51.0 Å². The molecule has 1 aliphatic carbocycles. The van der Waals surface area contributed by atoms with Crippen molar-refractivity contribution in [2.24, 2.45) is 11.7 Å². The largest absolute Gasteiger partial charge is 0.329 e. The number of hydrogen-bond acceptors (Lipinski definition) is 2. The molecule has 0 aromatic heterocycles. The lowest BCUT2D eigenvalue weighted by atomic mass is 9.74. The summed E-state index contributed by atoms with van der Waals surface area (Å²) >= 11 is 0. The van der Waals surface area contributed by atoms with E-state index in [0.717, 1.165) is 19.0 Å². The molecule has 0 unspecified atom stereocenters. The summed E-state index contributed by atoms with van der Waals surface area (Å²) in [6, 6.07) is 10.9. The van der Waals surface area contributed by atoms with E-state index in [-0.39, 0.29) is 5.54 Å². The van der Waals surface area contributed by atoms with Gasteiger partial charge in [-0.3, -0.25) is 0 Å². The van der Waals surface area contributed by atoms with Crippen LogP contribution in [0.4, 0.5) is 0 Å². The Morgan fingerprint density at radius 1 is 1.21 bits per heavy atom. The minimum atomic E-state index is 0.190. The SMILES string of the molecule is CC(C)CNC1(CN)CCC(c2ccccc2)CC1. The van der Waals surface area contributed by atoms with Gasteiger partial charge in [-0.15, -0.1) is 0 Å². The van der Waals surface area contributed by atoms with Crippen molar-refractivity contribution in [3.8, 4) is 0 Å². The van der Waals surface area contributed by atoms with Crippen molar-refractivity contribution in [1.82, 2.24) is 5.32 Å². The summed E-state index contributed by atoms with van der Waals surface area (Å²) in [5.41, 5.74) is 7.73. The number of hydrogen-bond donors (Lipinski definition) is 2. The van der Waals surface area contributed by atoms with Gasteiger partial charge in [-0.1, -0.05) is 44.2 Å². The third-order valence-corrected chi connectivity index (χ3v) is 4.49. The van der Waals surface area contributed by atoms with Crippen LogP contribution in [0, 0.1) is 5.92 Å². The van der Waals surface area contributed by atoms with Gasteiger partial charge < -0.3 is 11.1 Å². The Labute approximate surface area is 117 Å². The minimum Gasteiger partial charge on any atom is -0.329 e. The highest BCUT2D eigenvalue weighted by atomic mass is 15.0. The molecule has 1 aromatic carbocycles. The Morgan fingerprint density at radius 2 is 1.84 bits per heavy atom. The zero-order valence-corrected chi connectivity index (χ0v) is 12.4. The zero-order chi connectivity index (χ0) is 13.7. The van der Waals surface area contributed by atoms with Crippen LogP contribution in [0.25, 0.3) is 0 Å². The summed E-state index contributed by atoms with van der Waals surface area (Å²) in [7, 11) is 0. The molecule has 1 saturated carbocycles. The van der Waals surface area contributed by atoms with E-state index in [0.29, 0.717) is 5.92 Å². The van der Waals surface area contributed by atoms with Crippen LogP contribution >= 0.6 is 0 Å². The molecule has 106 valence electrons. The lowest BCUT2D eigenvalue weighted by Gasteiger charge is -2.41. The van der Waals surface area contributed by atoms with E-state index in [1.54, 1.807) is 0 Å². The standard InChI is InChI=1S/C17H28N2/c1-14(2)12-19-17(13-18)10-8-16(9-11-17)15-6-4-3-5-7-15/h3-7,14,16,19H,8-13,18H2,1-2H3.